The maximum atomic E-state index is 6.04. The number of imidazole rings is 1. The van der Waals surface area contributed by atoms with Crippen molar-refractivity contribution in [3.63, 3.8) is 0 Å². The summed E-state index contributed by atoms with van der Waals surface area (Å²) in [6.07, 6.45) is 3.55. The zero-order valence-electron chi connectivity index (χ0n) is 20.6. The molecule has 0 unspecified atom stereocenters. The summed E-state index contributed by atoms with van der Waals surface area (Å²) in [6, 6.07) is 22.4. The molecule has 7 nitrogen and oxygen atoms in total. The van der Waals surface area contributed by atoms with E-state index in [0.717, 1.165) is 85.9 Å². The molecule has 2 N–H and O–H groups in total. The van der Waals surface area contributed by atoms with E-state index in [4.69, 9.17) is 25.2 Å². The van der Waals surface area contributed by atoms with E-state index < -0.39 is 0 Å². The molecule has 2 fully saturated rings. The van der Waals surface area contributed by atoms with E-state index in [9.17, 15) is 0 Å². The molecule has 2 aliphatic heterocycles. The Morgan fingerprint density at radius 1 is 0.944 bits per heavy atom. The summed E-state index contributed by atoms with van der Waals surface area (Å²) < 4.78 is 14.0. The highest BCUT2D eigenvalue weighted by atomic mass is 16.5. The van der Waals surface area contributed by atoms with Gasteiger partial charge in [-0.3, -0.25) is 4.90 Å². The SMILES string of the molecule is Nc1ccc2c(c1)nc(CN1CCC(c3cccc(OCc4ccccc4)n3)CC1)n2C[C@@H]1CCO1. The molecule has 0 saturated carbocycles. The molecule has 1 atom stereocenters. The fourth-order valence-corrected chi connectivity index (χ4v) is 5.21. The number of nitrogens with two attached hydrogens (primary N) is 1. The Hall–Kier alpha value is -3.42. The lowest BCUT2D eigenvalue weighted by Crippen LogP contribution is -2.35. The lowest BCUT2D eigenvalue weighted by Gasteiger charge is -2.32. The second-order valence-electron chi connectivity index (χ2n) is 9.89. The van der Waals surface area contributed by atoms with Crippen LogP contribution >= 0.6 is 0 Å². The van der Waals surface area contributed by atoms with E-state index >= 15 is 0 Å². The number of likely N-dealkylation sites (tertiary alicyclic amines) is 1. The minimum absolute atomic E-state index is 0.284. The van der Waals surface area contributed by atoms with Gasteiger partial charge < -0.3 is 19.8 Å². The molecule has 2 aromatic carbocycles. The molecular weight excluding hydrogens is 450 g/mol. The number of anilines is 1. The number of pyridine rings is 1. The summed E-state index contributed by atoms with van der Waals surface area (Å²) >= 11 is 0. The van der Waals surface area contributed by atoms with Crippen LogP contribution in [0, 0.1) is 0 Å². The number of ether oxygens (including phenoxy) is 2. The molecule has 186 valence electrons. The normalized spacial score (nSPS) is 18.8. The number of aromatic nitrogens is 3. The van der Waals surface area contributed by atoms with Crippen LogP contribution in [0.15, 0.2) is 66.7 Å². The Labute approximate surface area is 211 Å². The Bertz CT molecular complexity index is 1310. The van der Waals surface area contributed by atoms with Gasteiger partial charge in [0.25, 0.3) is 0 Å². The van der Waals surface area contributed by atoms with E-state index in [1.165, 1.54) is 0 Å². The molecule has 0 radical (unpaired) electrons. The van der Waals surface area contributed by atoms with E-state index in [1.807, 2.05) is 36.4 Å². The highest BCUT2D eigenvalue weighted by Crippen LogP contribution is 2.30. The monoisotopic (exact) mass is 483 g/mol. The predicted molar refractivity (Wildman–Crippen MR) is 141 cm³/mol. The maximum absolute atomic E-state index is 6.04. The van der Waals surface area contributed by atoms with Crippen LogP contribution in [-0.4, -0.2) is 45.2 Å². The number of fused-ring (bicyclic) bond motifs is 1. The summed E-state index contributed by atoms with van der Waals surface area (Å²) in [5, 5.41) is 0. The third-order valence-electron chi connectivity index (χ3n) is 7.38. The second kappa shape index (κ2) is 10.3. The van der Waals surface area contributed by atoms with Crippen molar-refractivity contribution in [1.82, 2.24) is 19.4 Å². The van der Waals surface area contributed by atoms with Crippen LogP contribution in [-0.2, 0) is 24.4 Å². The van der Waals surface area contributed by atoms with Gasteiger partial charge in [0.05, 0.1) is 30.2 Å². The van der Waals surface area contributed by atoms with E-state index in [-0.39, 0.29) is 6.10 Å². The Kier molecular flexibility index (Phi) is 6.57. The van der Waals surface area contributed by atoms with Crippen molar-refractivity contribution in [2.75, 3.05) is 25.4 Å². The molecular formula is C29H33N5O2. The molecule has 4 aromatic rings. The van der Waals surface area contributed by atoms with Gasteiger partial charge in [-0.2, -0.15) is 0 Å². The predicted octanol–water partition coefficient (Wildman–Crippen LogP) is 4.76. The first-order valence-electron chi connectivity index (χ1n) is 12.9. The van der Waals surface area contributed by atoms with Gasteiger partial charge in [-0.25, -0.2) is 9.97 Å². The van der Waals surface area contributed by atoms with Crippen molar-refractivity contribution >= 4 is 16.7 Å². The number of hydrogen-bond donors (Lipinski definition) is 1. The average Bonchev–Trinajstić information content (AvgIpc) is 3.21. The molecule has 6 rings (SSSR count). The summed E-state index contributed by atoms with van der Waals surface area (Å²) in [7, 11) is 0. The average molecular weight is 484 g/mol. The molecule has 0 amide bonds. The van der Waals surface area contributed by atoms with Crippen molar-refractivity contribution in [2.45, 2.75) is 51.0 Å². The molecule has 0 spiro atoms. The molecule has 36 heavy (non-hydrogen) atoms. The zero-order valence-corrected chi connectivity index (χ0v) is 20.6. The van der Waals surface area contributed by atoms with Crippen LogP contribution in [0.3, 0.4) is 0 Å². The van der Waals surface area contributed by atoms with Gasteiger partial charge in [-0.05, 0) is 62.2 Å². The first-order valence-corrected chi connectivity index (χ1v) is 12.9. The lowest BCUT2D eigenvalue weighted by atomic mass is 9.93. The number of piperidine rings is 1. The fourth-order valence-electron chi connectivity index (χ4n) is 5.21. The second-order valence-corrected chi connectivity index (χ2v) is 9.89. The van der Waals surface area contributed by atoms with E-state index in [0.29, 0.717) is 18.4 Å². The van der Waals surface area contributed by atoms with Gasteiger partial charge in [0.15, 0.2) is 0 Å². The Balaban J connectivity index is 1.10. The Morgan fingerprint density at radius 3 is 2.56 bits per heavy atom. The van der Waals surface area contributed by atoms with Gasteiger partial charge in [-0.1, -0.05) is 36.4 Å². The molecule has 2 aromatic heterocycles. The third-order valence-corrected chi connectivity index (χ3v) is 7.38. The minimum atomic E-state index is 0.284. The molecule has 2 saturated heterocycles. The number of hydrogen-bond acceptors (Lipinski definition) is 6. The quantitative estimate of drug-likeness (QED) is 0.364. The van der Waals surface area contributed by atoms with Crippen LogP contribution in [0.25, 0.3) is 11.0 Å². The summed E-state index contributed by atoms with van der Waals surface area (Å²) in [5.74, 6) is 2.24. The summed E-state index contributed by atoms with van der Waals surface area (Å²) in [6.45, 7) is 5.13. The largest absolute Gasteiger partial charge is 0.473 e. The smallest absolute Gasteiger partial charge is 0.213 e. The van der Waals surface area contributed by atoms with Crippen molar-refractivity contribution in [1.29, 1.82) is 0 Å². The first-order chi connectivity index (χ1) is 17.7. The van der Waals surface area contributed by atoms with Crippen molar-refractivity contribution in [3.8, 4) is 5.88 Å². The van der Waals surface area contributed by atoms with Crippen LogP contribution < -0.4 is 10.5 Å². The highest BCUT2D eigenvalue weighted by Gasteiger charge is 2.26. The molecule has 2 aliphatic rings. The topological polar surface area (TPSA) is 78.4 Å². The molecule has 4 heterocycles. The summed E-state index contributed by atoms with van der Waals surface area (Å²) in [5.41, 5.74) is 11.2. The lowest BCUT2D eigenvalue weighted by molar-refractivity contribution is -0.0592. The van der Waals surface area contributed by atoms with Crippen LogP contribution in [0.4, 0.5) is 5.69 Å². The third kappa shape index (κ3) is 5.08. The first kappa shape index (κ1) is 23.0. The standard InChI is InChI=1S/C29H33N5O2/c30-23-9-10-27-26(17-23)31-28(34(27)18-24-13-16-35-24)19-33-14-11-22(12-15-33)25-7-4-8-29(32-25)36-20-21-5-2-1-3-6-21/h1-10,17,22,24H,11-16,18-20,30H2/t24-/m0/s1. The molecule has 0 bridgehead atoms. The van der Waals surface area contributed by atoms with Crippen molar-refractivity contribution in [2.24, 2.45) is 0 Å². The number of nitrogens with zero attached hydrogens (tertiary/aromatic N) is 4. The number of nitrogen functional groups attached to an aromatic ring is 1. The van der Waals surface area contributed by atoms with Gasteiger partial charge in [-0.15, -0.1) is 0 Å². The fraction of sp³-hybridized carbons (Fsp3) is 0.379. The minimum Gasteiger partial charge on any atom is -0.473 e. The van der Waals surface area contributed by atoms with Gasteiger partial charge in [0, 0.05) is 30.0 Å². The molecule has 7 heteroatoms. The van der Waals surface area contributed by atoms with Crippen LogP contribution in [0.5, 0.6) is 5.88 Å². The zero-order chi connectivity index (χ0) is 24.3. The van der Waals surface area contributed by atoms with Crippen molar-refractivity contribution < 1.29 is 9.47 Å². The van der Waals surface area contributed by atoms with Crippen LogP contribution in [0.2, 0.25) is 0 Å². The van der Waals surface area contributed by atoms with E-state index in [1.54, 1.807) is 0 Å². The molecule has 0 aliphatic carbocycles. The van der Waals surface area contributed by atoms with Gasteiger partial charge in [0.2, 0.25) is 5.88 Å². The summed E-state index contributed by atoms with van der Waals surface area (Å²) in [4.78, 5) is 12.3. The number of rotatable bonds is 8. The van der Waals surface area contributed by atoms with Gasteiger partial charge in [0.1, 0.15) is 12.4 Å². The van der Waals surface area contributed by atoms with Gasteiger partial charge >= 0.3 is 0 Å². The Morgan fingerprint density at radius 2 is 1.78 bits per heavy atom. The maximum Gasteiger partial charge on any atom is 0.213 e. The van der Waals surface area contributed by atoms with Crippen LogP contribution in [0.1, 0.15) is 42.3 Å². The number of benzene rings is 2. The highest BCUT2D eigenvalue weighted by molar-refractivity contribution is 5.79. The van der Waals surface area contributed by atoms with E-state index in [2.05, 4.69) is 39.8 Å². The van der Waals surface area contributed by atoms with Crippen molar-refractivity contribution in [3.05, 3.63) is 83.8 Å².